The van der Waals surface area contributed by atoms with E-state index in [4.69, 9.17) is 0 Å². The molecule has 1 aliphatic rings. The Morgan fingerprint density at radius 2 is 2.11 bits per heavy atom. The Kier molecular flexibility index (Phi) is 6.89. The maximum absolute atomic E-state index is 11.8. The Hall–Kier alpha value is -1.06. The van der Waals surface area contributed by atoms with Crippen molar-refractivity contribution in [1.29, 1.82) is 0 Å². The molecular weight excluding hydrogens is 260 g/mol. The second-order valence-electron chi connectivity index (χ2n) is 4.92. The molecular formula is C15H23ClN2O. The van der Waals surface area contributed by atoms with Gasteiger partial charge in [0.05, 0.1) is 0 Å². The van der Waals surface area contributed by atoms with E-state index in [0.717, 1.165) is 31.6 Å². The third-order valence-electron chi connectivity index (χ3n) is 3.48. The van der Waals surface area contributed by atoms with Gasteiger partial charge in [0.15, 0.2) is 0 Å². The summed E-state index contributed by atoms with van der Waals surface area (Å²) < 4.78 is 0. The molecule has 2 N–H and O–H groups in total. The average molecular weight is 283 g/mol. The topological polar surface area (TPSA) is 41.1 Å². The zero-order valence-corrected chi connectivity index (χ0v) is 12.3. The lowest BCUT2D eigenvalue weighted by Crippen LogP contribution is -2.28. The molecule has 4 heteroatoms. The van der Waals surface area contributed by atoms with Crippen LogP contribution >= 0.6 is 12.4 Å². The summed E-state index contributed by atoms with van der Waals surface area (Å²) in [4.78, 5) is 11.8. The summed E-state index contributed by atoms with van der Waals surface area (Å²) in [6, 6.07) is 8.07. The van der Waals surface area contributed by atoms with E-state index in [9.17, 15) is 4.79 Å². The molecule has 0 spiro atoms. The highest BCUT2D eigenvalue weighted by atomic mass is 35.5. The molecule has 3 nitrogen and oxygen atoms in total. The van der Waals surface area contributed by atoms with Crippen LogP contribution in [0.4, 0.5) is 0 Å². The highest BCUT2D eigenvalue weighted by Crippen LogP contribution is 2.23. The van der Waals surface area contributed by atoms with Gasteiger partial charge in [-0.3, -0.25) is 4.79 Å². The molecule has 1 atom stereocenters. The van der Waals surface area contributed by atoms with Crippen molar-refractivity contribution in [1.82, 2.24) is 10.6 Å². The van der Waals surface area contributed by atoms with Gasteiger partial charge in [-0.1, -0.05) is 19.1 Å². The lowest BCUT2D eigenvalue weighted by atomic mass is 9.91. The predicted molar refractivity (Wildman–Crippen MR) is 81.2 cm³/mol. The maximum atomic E-state index is 11.8. The van der Waals surface area contributed by atoms with Crippen LogP contribution in [0.15, 0.2) is 24.3 Å². The van der Waals surface area contributed by atoms with Gasteiger partial charge in [0.1, 0.15) is 0 Å². The summed E-state index contributed by atoms with van der Waals surface area (Å²) in [6.07, 6.45) is 3.45. The van der Waals surface area contributed by atoms with Crippen LogP contribution < -0.4 is 10.6 Å². The van der Waals surface area contributed by atoms with Gasteiger partial charge >= 0.3 is 0 Å². The van der Waals surface area contributed by atoms with E-state index in [2.05, 4.69) is 29.7 Å². The molecule has 106 valence electrons. The van der Waals surface area contributed by atoms with Gasteiger partial charge < -0.3 is 10.6 Å². The zero-order valence-electron chi connectivity index (χ0n) is 11.4. The van der Waals surface area contributed by atoms with Crippen LogP contribution in [-0.2, 0) is 0 Å². The van der Waals surface area contributed by atoms with Crippen LogP contribution in [0, 0.1) is 0 Å². The molecule has 1 amide bonds. The maximum Gasteiger partial charge on any atom is 0.251 e. The van der Waals surface area contributed by atoms with Gasteiger partial charge in [0.25, 0.3) is 5.91 Å². The molecule has 19 heavy (non-hydrogen) atoms. The summed E-state index contributed by atoms with van der Waals surface area (Å²) >= 11 is 0. The van der Waals surface area contributed by atoms with E-state index >= 15 is 0 Å². The highest BCUT2D eigenvalue weighted by molar-refractivity contribution is 5.94. The number of nitrogens with one attached hydrogen (secondary N) is 2. The molecule has 1 heterocycles. The molecule has 2 rings (SSSR count). The summed E-state index contributed by atoms with van der Waals surface area (Å²) in [6.45, 7) is 4.99. The van der Waals surface area contributed by atoms with E-state index in [1.807, 2.05) is 12.1 Å². The normalized spacial score (nSPS) is 18.5. The molecule has 1 saturated heterocycles. The molecule has 0 bridgehead atoms. The van der Waals surface area contributed by atoms with E-state index in [1.54, 1.807) is 0 Å². The first-order valence-corrected chi connectivity index (χ1v) is 6.90. The molecule has 1 aromatic rings. The van der Waals surface area contributed by atoms with Crippen molar-refractivity contribution in [2.75, 3.05) is 19.6 Å². The molecule has 0 radical (unpaired) electrons. The number of rotatable bonds is 4. The van der Waals surface area contributed by atoms with Crippen LogP contribution in [-0.4, -0.2) is 25.5 Å². The minimum Gasteiger partial charge on any atom is -0.352 e. The molecule has 0 aliphatic carbocycles. The van der Waals surface area contributed by atoms with Crippen LogP contribution in [0.2, 0.25) is 0 Å². The van der Waals surface area contributed by atoms with Gasteiger partial charge in [0, 0.05) is 18.7 Å². The minimum atomic E-state index is 0. The fourth-order valence-electron chi connectivity index (χ4n) is 2.38. The van der Waals surface area contributed by atoms with Crippen LogP contribution in [0.3, 0.4) is 0 Å². The third-order valence-corrected chi connectivity index (χ3v) is 3.48. The number of halogens is 1. The van der Waals surface area contributed by atoms with E-state index in [0.29, 0.717) is 5.92 Å². The SMILES string of the molecule is CCCNC(=O)c1ccc(C2CCCNC2)cc1.Cl. The third kappa shape index (κ3) is 4.51. The Morgan fingerprint density at radius 3 is 2.68 bits per heavy atom. The quantitative estimate of drug-likeness (QED) is 0.892. The number of benzene rings is 1. The number of amides is 1. The Morgan fingerprint density at radius 1 is 1.37 bits per heavy atom. The first kappa shape index (κ1) is 16.0. The van der Waals surface area contributed by atoms with E-state index in [1.165, 1.54) is 18.4 Å². The first-order valence-electron chi connectivity index (χ1n) is 6.90. The number of piperidine rings is 1. The smallest absolute Gasteiger partial charge is 0.251 e. The number of carbonyl (C=O) groups is 1. The Bertz CT molecular complexity index is 386. The van der Waals surface area contributed by atoms with Crippen LogP contribution in [0.1, 0.15) is 48.0 Å². The van der Waals surface area contributed by atoms with Crippen molar-refractivity contribution >= 4 is 18.3 Å². The fraction of sp³-hybridized carbons (Fsp3) is 0.533. The van der Waals surface area contributed by atoms with E-state index < -0.39 is 0 Å². The van der Waals surface area contributed by atoms with E-state index in [-0.39, 0.29) is 18.3 Å². The highest BCUT2D eigenvalue weighted by Gasteiger charge is 2.15. The molecule has 1 unspecified atom stereocenters. The predicted octanol–water partition coefficient (Wildman–Crippen LogP) is 2.72. The summed E-state index contributed by atoms with van der Waals surface area (Å²) in [5.41, 5.74) is 2.10. The molecule has 1 aromatic carbocycles. The fourth-order valence-corrected chi connectivity index (χ4v) is 2.38. The first-order chi connectivity index (χ1) is 8.81. The molecule has 1 aliphatic heterocycles. The van der Waals surface area contributed by atoms with Gasteiger partial charge in [0.2, 0.25) is 0 Å². The van der Waals surface area contributed by atoms with Crippen LogP contribution in [0.5, 0.6) is 0 Å². The summed E-state index contributed by atoms with van der Waals surface area (Å²) in [5.74, 6) is 0.636. The standard InChI is InChI=1S/C15H22N2O.ClH/c1-2-9-17-15(18)13-7-5-12(6-8-13)14-4-3-10-16-11-14;/h5-8,14,16H,2-4,9-11H2,1H3,(H,17,18);1H. The largest absolute Gasteiger partial charge is 0.352 e. The van der Waals surface area contributed by atoms with Gasteiger partial charge in [-0.25, -0.2) is 0 Å². The minimum absolute atomic E-state index is 0. The summed E-state index contributed by atoms with van der Waals surface area (Å²) in [7, 11) is 0. The lowest BCUT2D eigenvalue weighted by molar-refractivity contribution is 0.0953. The van der Waals surface area contributed by atoms with Crippen molar-refractivity contribution in [3.8, 4) is 0 Å². The zero-order chi connectivity index (χ0) is 12.8. The van der Waals surface area contributed by atoms with Crippen molar-refractivity contribution < 1.29 is 4.79 Å². The van der Waals surface area contributed by atoms with Crippen LogP contribution in [0.25, 0.3) is 0 Å². The monoisotopic (exact) mass is 282 g/mol. The Labute approximate surface area is 121 Å². The second kappa shape index (κ2) is 8.18. The Balaban J connectivity index is 0.00000180. The number of hydrogen-bond donors (Lipinski definition) is 2. The van der Waals surface area contributed by atoms with Gasteiger partial charge in [-0.05, 0) is 49.4 Å². The average Bonchev–Trinajstić information content (AvgIpc) is 2.46. The lowest BCUT2D eigenvalue weighted by Gasteiger charge is -2.23. The summed E-state index contributed by atoms with van der Waals surface area (Å²) in [5, 5.41) is 6.32. The van der Waals surface area contributed by atoms with Crippen molar-refractivity contribution in [3.05, 3.63) is 35.4 Å². The number of carbonyl (C=O) groups excluding carboxylic acids is 1. The van der Waals surface area contributed by atoms with Crippen molar-refractivity contribution in [2.45, 2.75) is 32.1 Å². The van der Waals surface area contributed by atoms with Crippen molar-refractivity contribution in [3.63, 3.8) is 0 Å². The molecule has 0 saturated carbocycles. The van der Waals surface area contributed by atoms with Gasteiger partial charge in [-0.2, -0.15) is 0 Å². The molecule has 1 fully saturated rings. The van der Waals surface area contributed by atoms with Gasteiger partial charge in [-0.15, -0.1) is 12.4 Å². The molecule has 0 aromatic heterocycles. The second-order valence-corrected chi connectivity index (χ2v) is 4.92. The number of hydrogen-bond acceptors (Lipinski definition) is 2. The van der Waals surface area contributed by atoms with Crippen molar-refractivity contribution in [2.24, 2.45) is 0 Å².